The van der Waals surface area contributed by atoms with Crippen molar-refractivity contribution >= 4 is 10.9 Å². The van der Waals surface area contributed by atoms with E-state index >= 15 is 0 Å². The number of ether oxygens (including phenoxy) is 1. The topological polar surface area (TPSA) is 44.4 Å². The van der Waals surface area contributed by atoms with E-state index in [0.717, 1.165) is 31.8 Å². The highest BCUT2D eigenvalue weighted by Gasteiger charge is 2.55. The number of piperidine rings is 1. The number of hydrogen-bond acceptors (Lipinski definition) is 4. The summed E-state index contributed by atoms with van der Waals surface area (Å²) in [4.78, 5) is 13.5. The standard InChI is InChI=1S/C22H24N4O/c1-27-16-2-3-19-18(14-16)17-6-11-26-21(15-4-9-23-10-5-15)25-12-7-22(26,8-13-25)20(17)24-19/h2-5,9-10,14,21,24H,6-8,11-13H2,1H3. The quantitative estimate of drug-likeness (QED) is 0.760. The lowest BCUT2D eigenvalue weighted by Gasteiger charge is -2.62. The molecular weight excluding hydrogens is 336 g/mol. The van der Waals surface area contributed by atoms with Gasteiger partial charge in [-0.05, 0) is 60.7 Å². The van der Waals surface area contributed by atoms with Crippen molar-refractivity contribution in [3.05, 3.63) is 59.5 Å². The molecule has 0 aliphatic carbocycles. The zero-order valence-electron chi connectivity index (χ0n) is 15.6. The van der Waals surface area contributed by atoms with Crippen LogP contribution >= 0.6 is 0 Å². The Balaban J connectivity index is 1.52. The summed E-state index contributed by atoms with van der Waals surface area (Å²) >= 11 is 0. The molecule has 6 heterocycles. The van der Waals surface area contributed by atoms with Crippen molar-refractivity contribution < 1.29 is 4.74 Å². The van der Waals surface area contributed by atoms with E-state index < -0.39 is 0 Å². The average Bonchev–Trinajstić information content (AvgIpc) is 3.13. The fraction of sp³-hybridized carbons (Fsp3) is 0.409. The minimum absolute atomic E-state index is 0.128. The molecule has 0 amide bonds. The van der Waals surface area contributed by atoms with Gasteiger partial charge in [-0.2, -0.15) is 0 Å². The van der Waals surface area contributed by atoms with E-state index in [-0.39, 0.29) is 5.54 Å². The molecule has 1 spiro atoms. The van der Waals surface area contributed by atoms with Gasteiger partial charge in [0.05, 0.1) is 18.8 Å². The van der Waals surface area contributed by atoms with Crippen molar-refractivity contribution in [1.29, 1.82) is 0 Å². The van der Waals surface area contributed by atoms with Crippen molar-refractivity contribution in [2.24, 2.45) is 0 Å². The highest BCUT2D eigenvalue weighted by Crippen LogP contribution is 2.54. The molecule has 1 aromatic carbocycles. The first-order chi connectivity index (χ1) is 13.3. The third-order valence-electron chi connectivity index (χ3n) is 7.00. The molecule has 5 heteroatoms. The number of fused-ring (bicyclic) bond motifs is 5. The van der Waals surface area contributed by atoms with Crippen molar-refractivity contribution in [3.63, 3.8) is 0 Å². The number of hydrogen-bond donors (Lipinski definition) is 1. The Hall–Kier alpha value is -2.37. The molecule has 4 aliphatic rings. The Morgan fingerprint density at radius 1 is 1.11 bits per heavy atom. The maximum atomic E-state index is 5.49. The predicted molar refractivity (Wildman–Crippen MR) is 105 cm³/mol. The maximum absolute atomic E-state index is 5.49. The Bertz CT molecular complexity index is 1000. The van der Waals surface area contributed by atoms with Crippen LogP contribution in [0.15, 0.2) is 42.7 Å². The summed E-state index contributed by atoms with van der Waals surface area (Å²) < 4.78 is 5.49. The van der Waals surface area contributed by atoms with Crippen LogP contribution in [0.3, 0.4) is 0 Å². The summed E-state index contributed by atoms with van der Waals surface area (Å²) in [7, 11) is 1.75. The van der Waals surface area contributed by atoms with Crippen LogP contribution in [0.2, 0.25) is 0 Å². The van der Waals surface area contributed by atoms with Gasteiger partial charge in [-0.15, -0.1) is 0 Å². The van der Waals surface area contributed by atoms with Gasteiger partial charge in [0.15, 0.2) is 0 Å². The normalized spacial score (nSPS) is 29.5. The molecule has 4 aliphatic heterocycles. The van der Waals surface area contributed by atoms with E-state index in [9.17, 15) is 0 Å². The number of benzene rings is 1. The monoisotopic (exact) mass is 360 g/mol. The van der Waals surface area contributed by atoms with Crippen LogP contribution in [-0.2, 0) is 12.0 Å². The molecule has 1 unspecified atom stereocenters. The second-order valence-corrected chi connectivity index (χ2v) is 8.06. The summed E-state index contributed by atoms with van der Waals surface area (Å²) in [5.41, 5.74) is 5.70. The lowest BCUT2D eigenvalue weighted by molar-refractivity contribution is -0.149. The minimum atomic E-state index is 0.128. The van der Waals surface area contributed by atoms with Gasteiger partial charge in [0.2, 0.25) is 0 Å². The molecule has 0 radical (unpaired) electrons. The van der Waals surface area contributed by atoms with Crippen LogP contribution in [0.25, 0.3) is 10.9 Å². The summed E-state index contributed by atoms with van der Waals surface area (Å²) in [5.74, 6) is 0.942. The summed E-state index contributed by atoms with van der Waals surface area (Å²) in [6.45, 7) is 3.41. The van der Waals surface area contributed by atoms with Gasteiger partial charge in [0.1, 0.15) is 5.75 Å². The Morgan fingerprint density at radius 3 is 2.70 bits per heavy atom. The van der Waals surface area contributed by atoms with E-state index in [1.165, 1.54) is 40.6 Å². The third-order valence-corrected chi connectivity index (χ3v) is 7.00. The number of rotatable bonds is 2. The van der Waals surface area contributed by atoms with Gasteiger partial charge in [-0.3, -0.25) is 14.8 Å². The first-order valence-electron chi connectivity index (χ1n) is 9.90. The van der Waals surface area contributed by atoms with Gasteiger partial charge >= 0.3 is 0 Å². The number of nitrogens with one attached hydrogen (secondary N) is 1. The van der Waals surface area contributed by atoms with Crippen molar-refractivity contribution in [2.45, 2.75) is 31.0 Å². The number of methoxy groups -OCH3 is 1. The maximum Gasteiger partial charge on any atom is 0.119 e. The number of pyridine rings is 1. The second kappa shape index (κ2) is 5.57. The molecular formula is C22H24N4O. The molecule has 3 aromatic rings. The summed E-state index contributed by atoms with van der Waals surface area (Å²) in [6.07, 6.45) is 7.70. The zero-order valence-corrected chi connectivity index (χ0v) is 15.6. The number of H-pyrrole nitrogens is 1. The summed E-state index contributed by atoms with van der Waals surface area (Å²) in [6, 6.07) is 10.8. The SMILES string of the molecule is COc1ccc2[nH]c3c(c2c1)CCN1C(c2ccncc2)N2CCC31CC2. The molecule has 1 atom stereocenters. The smallest absolute Gasteiger partial charge is 0.119 e. The molecule has 1 N–H and O–H groups in total. The van der Waals surface area contributed by atoms with Gasteiger partial charge in [0.25, 0.3) is 0 Å². The van der Waals surface area contributed by atoms with E-state index in [1.807, 2.05) is 12.4 Å². The molecule has 0 saturated carbocycles. The third kappa shape index (κ3) is 2.04. The molecule has 7 rings (SSSR count). The van der Waals surface area contributed by atoms with Gasteiger partial charge in [0, 0.05) is 48.6 Å². The largest absolute Gasteiger partial charge is 0.497 e. The molecule has 2 bridgehead atoms. The molecule has 3 saturated heterocycles. The molecule has 5 nitrogen and oxygen atoms in total. The fourth-order valence-electron chi connectivity index (χ4n) is 5.76. The van der Waals surface area contributed by atoms with Crippen LogP contribution in [0.1, 0.15) is 35.8 Å². The van der Waals surface area contributed by atoms with E-state index in [0.29, 0.717) is 6.17 Å². The minimum Gasteiger partial charge on any atom is -0.497 e. The Morgan fingerprint density at radius 2 is 1.93 bits per heavy atom. The fourth-order valence-corrected chi connectivity index (χ4v) is 5.76. The zero-order chi connectivity index (χ0) is 18.0. The first kappa shape index (κ1) is 15.7. The lowest BCUT2D eigenvalue weighted by atomic mass is 9.73. The van der Waals surface area contributed by atoms with Gasteiger partial charge in [-0.25, -0.2) is 0 Å². The molecule has 27 heavy (non-hydrogen) atoms. The van der Waals surface area contributed by atoms with Crippen LogP contribution in [0, 0.1) is 0 Å². The van der Waals surface area contributed by atoms with E-state index in [2.05, 4.69) is 50.1 Å². The van der Waals surface area contributed by atoms with E-state index in [4.69, 9.17) is 4.74 Å². The highest BCUT2D eigenvalue weighted by atomic mass is 16.5. The van der Waals surface area contributed by atoms with Crippen LogP contribution in [-0.4, -0.2) is 46.5 Å². The molecule has 3 fully saturated rings. The molecule has 2 aromatic heterocycles. The number of aromatic nitrogens is 2. The lowest BCUT2D eigenvalue weighted by Crippen LogP contribution is -2.66. The predicted octanol–water partition coefficient (Wildman–Crippen LogP) is 3.43. The van der Waals surface area contributed by atoms with E-state index in [1.54, 1.807) is 7.11 Å². The highest BCUT2D eigenvalue weighted by molar-refractivity contribution is 5.87. The van der Waals surface area contributed by atoms with Crippen molar-refractivity contribution in [3.8, 4) is 5.75 Å². The first-order valence-corrected chi connectivity index (χ1v) is 9.90. The second-order valence-electron chi connectivity index (χ2n) is 8.06. The Labute approximate surface area is 158 Å². The summed E-state index contributed by atoms with van der Waals surface area (Å²) in [5, 5.41) is 1.34. The van der Waals surface area contributed by atoms with Gasteiger partial charge in [-0.1, -0.05) is 0 Å². The average molecular weight is 360 g/mol. The van der Waals surface area contributed by atoms with Crippen LogP contribution in [0.4, 0.5) is 0 Å². The van der Waals surface area contributed by atoms with Crippen molar-refractivity contribution in [2.75, 3.05) is 26.7 Å². The van der Waals surface area contributed by atoms with Crippen LogP contribution < -0.4 is 4.74 Å². The van der Waals surface area contributed by atoms with Crippen molar-refractivity contribution in [1.82, 2.24) is 19.8 Å². The number of nitrogens with zero attached hydrogens (tertiary/aromatic N) is 3. The number of aromatic amines is 1. The Kier molecular flexibility index (Phi) is 3.23. The van der Waals surface area contributed by atoms with Gasteiger partial charge < -0.3 is 9.72 Å². The van der Waals surface area contributed by atoms with Crippen LogP contribution in [0.5, 0.6) is 5.75 Å². The molecule has 138 valence electrons.